The summed E-state index contributed by atoms with van der Waals surface area (Å²) in [5.41, 5.74) is 0.314. The van der Waals surface area contributed by atoms with Crippen LogP contribution in [0.25, 0.3) is 0 Å². The summed E-state index contributed by atoms with van der Waals surface area (Å²) in [5, 5.41) is 3.04. The molecule has 9 heteroatoms. The number of nitrogens with zero attached hydrogens (tertiary/aromatic N) is 2. The third-order valence-electron chi connectivity index (χ3n) is 5.21. The Kier molecular flexibility index (Phi) is 6.56. The molecule has 0 aromatic heterocycles. The Labute approximate surface area is 165 Å². The Morgan fingerprint density at radius 1 is 1.07 bits per heavy atom. The first-order valence-electron chi connectivity index (χ1n) is 9.74. The van der Waals surface area contributed by atoms with Gasteiger partial charge in [0.25, 0.3) is 0 Å². The van der Waals surface area contributed by atoms with Crippen molar-refractivity contribution in [3.63, 3.8) is 0 Å². The normalized spacial score (nSPS) is 18.8. The molecule has 1 saturated carbocycles. The smallest absolute Gasteiger partial charge is 0.338 e. The van der Waals surface area contributed by atoms with Crippen molar-refractivity contribution in [2.45, 2.75) is 43.5 Å². The second kappa shape index (κ2) is 8.91. The van der Waals surface area contributed by atoms with Crippen LogP contribution >= 0.6 is 0 Å². The van der Waals surface area contributed by atoms with Gasteiger partial charge in [0.15, 0.2) is 0 Å². The fraction of sp³-hybridized carbons (Fsp3) is 0.579. The van der Waals surface area contributed by atoms with Crippen molar-refractivity contribution >= 4 is 22.0 Å². The third kappa shape index (κ3) is 4.64. The lowest BCUT2D eigenvalue weighted by molar-refractivity contribution is 0.0526. The monoisotopic (exact) mass is 409 g/mol. The van der Waals surface area contributed by atoms with Crippen LogP contribution in [0, 0.1) is 0 Å². The molecule has 2 aliphatic rings. The fourth-order valence-electron chi connectivity index (χ4n) is 3.59. The molecule has 1 aromatic carbocycles. The molecule has 1 aliphatic heterocycles. The molecule has 1 saturated heterocycles. The summed E-state index contributed by atoms with van der Waals surface area (Å²) in [6.07, 6.45) is 4.32. The van der Waals surface area contributed by atoms with Crippen molar-refractivity contribution in [2.24, 2.45) is 0 Å². The maximum absolute atomic E-state index is 12.8. The Balaban J connectivity index is 1.58. The summed E-state index contributed by atoms with van der Waals surface area (Å²) < 4.78 is 32.0. The minimum absolute atomic E-state index is 0.109. The van der Waals surface area contributed by atoms with Gasteiger partial charge in [0.1, 0.15) is 0 Å². The molecule has 0 unspecified atom stereocenters. The Morgan fingerprint density at radius 2 is 1.68 bits per heavy atom. The van der Waals surface area contributed by atoms with Gasteiger partial charge >= 0.3 is 12.0 Å². The number of carbonyl (C=O) groups is 2. The predicted molar refractivity (Wildman–Crippen MR) is 104 cm³/mol. The highest BCUT2D eigenvalue weighted by Gasteiger charge is 2.31. The average molecular weight is 410 g/mol. The predicted octanol–water partition coefficient (Wildman–Crippen LogP) is 1.82. The third-order valence-corrected chi connectivity index (χ3v) is 7.12. The van der Waals surface area contributed by atoms with Gasteiger partial charge in [-0.25, -0.2) is 18.0 Å². The van der Waals surface area contributed by atoms with E-state index in [-0.39, 0.29) is 36.7 Å². The van der Waals surface area contributed by atoms with Crippen molar-refractivity contribution in [1.29, 1.82) is 0 Å². The van der Waals surface area contributed by atoms with Crippen molar-refractivity contribution < 1.29 is 22.7 Å². The molecule has 2 amide bonds. The minimum atomic E-state index is -3.67. The zero-order chi connectivity index (χ0) is 20.1. The van der Waals surface area contributed by atoms with Crippen molar-refractivity contribution in [2.75, 3.05) is 32.8 Å². The lowest BCUT2D eigenvalue weighted by atomic mass is 10.2. The molecule has 1 aromatic rings. The van der Waals surface area contributed by atoms with E-state index in [1.165, 1.54) is 28.6 Å². The number of esters is 1. The summed E-state index contributed by atoms with van der Waals surface area (Å²) in [7, 11) is -3.67. The molecule has 0 atom stereocenters. The maximum Gasteiger partial charge on any atom is 0.338 e. The number of nitrogens with one attached hydrogen (secondary N) is 1. The van der Waals surface area contributed by atoms with Gasteiger partial charge in [0.2, 0.25) is 10.0 Å². The molecule has 28 heavy (non-hydrogen) atoms. The molecular weight excluding hydrogens is 382 g/mol. The number of benzene rings is 1. The molecule has 1 heterocycles. The second-order valence-corrected chi connectivity index (χ2v) is 9.00. The van der Waals surface area contributed by atoms with Gasteiger partial charge in [-0.1, -0.05) is 12.8 Å². The number of amides is 2. The second-order valence-electron chi connectivity index (χ2n) is 7.07. The van der Waals surface area contributed by atoms with Crippen LogP contribution in [0.4, 0.5) is 4.79 Å². The van der Waals surface area contributed by atoms with Crippen molar-refractivity contribution in [3.05, 3.63) is 29.8 Å². The van der Waals surface area contributed by atoms with E-state index in [1.807, 2.05) is 0 Å². The SMILES string of the molecule is CCOC(=O)c1ccc(S(=O)(=O)N2CCN(C(=O)NC3CCCC3)CC2)cc1. The molecular formula is C19H27N3O5S. The molecule has 154 valence electrons. The topological polar surface area (TPSA) is 96.0 Å². The van der Waals surface area contributed by atoms with E-state index in [4.69, 9.17) is 4.74 Å². The highest BCUT2D eigenvalue weighted by atomic mass is 32.2. The Hall–Kier alpha value is -2.13. The van der Waals surface area contributed by atoms with Crippen LogP contribution in [0.5, 0.6) is 0 Å². The number of hydrogen-bond acceptors (Lipinski definition) is 5. The summed E-state index contributed by atoms with van der Waals surface area (Å²) in [6, 6.07) is 5.88. The zero-order valence-electron chi connectivity index (χ0n) is 16.1. The van der Waals surface area contributed by atoms with Gasteiger partial charge in [-0.15, -0.1) is 0 Å². The van der Waals surface area contributed by atoms with Gasteiger partial charge in [0, 0.05) is 32.2 Å². The molecule has 8 nitrogen and oxygen atoms in total. The van der Waals surface area contributed by atoms with Crippen molar-refractivity contribution in [3.8, 4) is 0 Å². The zero-order valence-corrected chi connectivity index (χ0v) is 16.9. The first-order chi connectivity index (χ1) is 13.4. The number of carbonyl (C=O) groups excluding carboxylic acids is 2. The highest BCUT2D eigenvalue weighted by Crippen LogP contribution is 2.20. The molecule has 3 rings (SSSR count). The van der Waals surface area contributed by atoms with E-state index in [9.17, 15) is 18.0 Å². The maximum atomic E-state index is 12.8. The molecule has 0 spiro atoms. The number of hydrogen-bond donors (Lipinski definition) is 1. The van der Waals surface area contributed by atoms with Gasteiger partial charge in [-0.2, -0.15) is 4.31 Å². The molecule has 0 bridgehead atoms. The first-order valence-corrected chi connectivity index (χ1v) is 11.2. The van der Waals surface area contributed by atoms with Crippen LogP contribution < -0.4 is 5.32 Å². The summed E-state index contributed by atoms with van der Waals surface area (Å²) in [5.74, 6) is -0.478. The van der Waals surface area contributed by atoms with Crippen LogP contribution in [0.2, 0.25) is 0 Å². The Bertz CT molecular complexity index is 795. The summed E-state index contributed by atoms with van der Waals surface area (Å²) in [6.45, 7) is 3.19. The average Bonchev–Trinajstić information content (AvgIpc) is 3.21. The van der Waals surface area contributed by atoms with E-state index < -0.39 is 16.0 Å². The molecule has 0 radical (unpaired) electrons. The van der Waals surface area contributed by atoms with Crippen LogP contribution in [-0.2, 0) is 14.8 Å². The van der Waals surface area contributed by atoms with Crippen LogP contribution in [-0.4, -0.2) is 68.5 Å². The number of ether oxygens (including phenoxy) is 1. The van der Waals surface area contributed by atoms with E-state index >= 15 is 0 Å². The lowest BCUT2D eigenvalue weighted by Crippen LogP contribution is -2.54. The Morgan fingerprint density at radius 3 is 2.25 bits per heavy atom. The van der Waals surface area contributed by atoms with E-state index in [1.54, 1.807) is 11.8 Å². The van der Waals surface area contributed by atoms with E-state index in [0.717, 1.165) is 25.7 Å². The van der Waals surface area contributed by atoms with Crippen LogP contribution in [0.3, 0.4) is 0 Å². The number of piperazine rings is 1. The quantitative estimate of drug-likeness (QED) is 0.749. The summed E-state index contributed by atoms with van der Waals surface area (Å²) in [4.78, 5) is 25.8. The van der Waals surface area contributed by atoms with Gasteiger partial charge in [-0.05, 0) is 44.0 Å². The van der Waals surface area contributed by atoms with Crippen molar-refractivity contribution in [1.82, 2.24) is 14.5 Å². The minimum Gasteiger partial charge on any atom is -0.462 e. The molecule has 2 fully saturated rings. The largest absolute Gasteiger partial charge is 0.462 e. The fourth-order valence-corrected chi connectivity index (χ4v) is 5.02. The number of rotatable bonds is 5. The van der Waals surface area contributed by atoms with E-state index in [0.29, 0.717) is 18.7 Å². The molecule has 1 N–H and O–H groups in total. The van der Waals surface area contributed by atoms with E-state index in [2.05, 4.69) is 5.32 Å². The summed E-state index contributed by atoms with van der Waals surface area (Å²) >= 11 is 0. The molecule has 1 aliphatic carbocycles. The van der Waals surface area contributed by atoms with Gasteiger partial charge < -0.3 is 15.0 Å². The van der Waals surface area contributed by atoms with Crippen LogP contribution in [0.1, 0.15) is 43.0 Å². The van der Waals surface area contributed by atoms with Gasteiger partial charge in [-0.3, -0.25) is 0 Å². The highest BCUT2D eigenvalue weighted by molar-refractivity contribution is 7.89. The lowest BCUT2D eigenvalue weighted by Gasteiger charge is -2.34. The standard InChI is InChI=1S/C19H27N3O5S/c1-2-27-18(23)15-7-9-17(10-8-15)28(25,26)22-13-11-21(12-14-22)19(24)20-16-5-3-4-6-16/h7-10,16H,2-6,11-14H2,1H3,(H,20,24). The first kappa shape index (κ1) is 20.6. The number of urea groups is 1. The number of sulfonamides is 1. The van der Waals surface area contributed by atoms with Gasteiger partial charge in [0.05, 0.1) is 17.1 Å². The van der Waals surface area contributed by atoms with Crippen LogP contribution in [0.15, 0.2) is 29.2 Å².